The number of allylic oxidation sites excluding steroid dienone is 3. The maximum atomic E-state index is 12.7. The minimum Gasteiger partial charge on any atom is -0.366 e. The van der Waals surface area contributed by atoms with Crippen molar-refractivity contribution in [3.63, 3.8) is 0 Å². The number of halogens is 3. The van der Waals surface area contributed by atoms with Crippen molar-refractivity contribution in [3.8, 4) is 6.07 Å². The van der Waals surface area contributed by atoms with Gasteiger partial charge < -0.3 is 10.2 Å². The summed E-state index contributed by atoms with van der Waals surface area (Å²) in [5, 5.41) is 12.2. The van der Waals surface area contributed by atoms with Gasteiger partial charge in [-0.1, -0.05) is 12.2 Å². The highest BCUT2D eigenvalue weighted by Crippen LogP contribution is 2.34. The van der Waals surface area contributed by atoms with Crippen LogP contribution in [0.1, 0.15) is 16.2 Å². The van der Waals surface area contributed by atoms with Gasteiger partial charge in [-0.15, -0.1) is 11.3 Å². The van der Waals surface area contributed by atoms with Gasteiger partial charge in [0.05, 0.1) is 12.6 Å². The highest BCUT2D eigenvalue weighted by atomic mass is 32.1. The lowest BCUT2D eigenvalue weighted by Crippen LogP contribution is -2.36. The van der Waals surface area contributed by atoms with Gasteiger partial charge in [0.25, 0.3) is 0 Å². The van der Waals surface area contributed by atoms with Gasteiger partial charge in [0, 0.05) is 23.7 Å². The van der Waals surface area contributed by atoms with Gasteiger partial charge in [0.15, 0.2) is 0 Å². The zero-order valence-electron chi connectivity index (χ0n) is 16.1. The fourth-order valence-corrected chi connectivity index (χ4v) is 4.16. The third kappa shape index (κ3) is 4.69. The van der Waals surface area contributed by atoms with Crippen molar-refractivity contribution in [3.05, 3.63) is 74.3 Å². The zero-order valence-corrected chi connectivity index (χ0v) is 17.0. The Hall–Kier alpha value is -3.39. The van der Waals surface area contributed by atoms with E-state index < -0.39 is 16.7 Å². The minimum absolute atomic E-state index is 0.0166. The van der Waals surface area contributed by atoms with E-state index in [-0.39, 0.29) is 18.5 Å². The Labute approximate surface area is 179 Å². The van der Waals surface area contributed by atoms with E-state index in [0.717, 1.165) is 17.3 Å². The Morgan fingerprint density at radius 2 is 2.19 bits per heavy atom. The Morgan fingerprint density at radius 3 is 2.84 bits per heavy atom. The molecule has 4 rings (SSSR count). The van der Waals surface area contributed by atoms with Crippen molar-refractivity contribution in [1.29, 1.82) is 5.26 Å². The van der Waals surface area contributed by atoms with Crippen molar-refractivity contribution in [1.82, 2.24) is 19.9 Å². The van der Waals surface area contributed by atoms with Crippen molar-refractivity contribution < 1.29 is 13.2 Å². The van der Waals surface area contributed by atoms with Gasteiger partial charge in [-0.05, 0) is 36.3 Å². The second-order valence-electron chi connectivity index (χ2n) is 6.97. The highest BCUT2D eigenvalue weighted by molar-refractivity contribution is 7.12. The summed E-state index contributed by atoms with van der Waals surface area (Å²) in [7, 11) is 0. The standard InChI is InChI=1S/C20H17F3N6OS/c21-20(22,23)17-5-4-15(31-17)11-29-12-25-18(27-19(29)30)28-8-6-13(7-9-28)16-3-1-2-14(10-24)26-16/h1-6,12,14,26H,7-9,11H2. The number of nitrogens with zero attached hydrogens (tertiary/aromatic N) is 5. The third-order valence-electron chi connectivity index (χ3n) is 4.88. The van der Waals surface area contributed by atoms with Crippen LogP contribution in [0.15, 0.2) is 58.8 Å². The Balaban J connectivity index is 1.43. The first-order valence-electron chi connectivity index (χ1n) is 9.42. The number of dihydropyridines is 1. The van der Waals surface area contributed by atoms with E-state index >= 15 is 0 Å². The number of aromatic nitrogens is 3. The largest absolute Gasteiger partial charge is 0.425 e. The molecule has 0 saturated carbocycles. The second-order valence-corrected chi connectivity index (χ2v) is 8.14. The van der Waals surface area contributed by atoms with Crippen molar-refractivity contribution in [2.45, 2.75) is 25.2 Å². The first-order valence-corrected chi connectivity index (χ1v) is 10.2. The molecule has 0 radical (unpaired) electrons. The monoisotopic (exact) mass is 446 g/mol. The van der Waals surface area contributed by atoms with Crippen LogP contribution in [0.5, 0.6) is 0 Å². The van der Waals surface area contributed by atoms with E-state index in [1.165, 1.54) is 17.0 Å². The van der Waals surface area contributed by atoms with Crippen LogP contribution < -0.4 is 15.9 Å². The molecule has 2 aromatic rings. The molecule has 0 aromatic carbocycles. The molecule has 4 heterocycles. The molecule has 2 aromatic heterocycles. The number of nitriles is 1. The lowest BCUT2D eigenvalue weighted by atomic mass is 10.0. The first kappa shape index (κ1) is 20.9. The minimum atomic E-state index is -4.40. The van der Waals surface area contributed by atoms with Crippen LogP contribution in [-0.2, 0) is 12.7 Å². The summed E-state index contributed by atoms with van der Waals surface area (Å²) in [6, 6.07) is 4.16. The zero-order chi connectivity index (χ0) is 22.0. The van der Waals surface area contributed by atoms with Gasteiger partial charge in [0.1, 0.15) is 17.2 Å². The van der Waals surface area contributed by atoms with Crippen LogP contribution >= 0.6 is 11.3 Å². The number of hydrogen-bond donors (Lipinski definition) is 1. The number of hydrogen-bond acceptors (Lipinski definition) is 7. The Kier molecular flexibility index (Phi) is 5.65. The molecular weight excluding hydrogens is 429 g/mol. The van der Waals surface area contributed by atoms with Crippen LogP contribution in [-0.4, -0.2) is 33.7 Å². The molecule has 0 aliphatic carbocycles. The normalized spacial score (nSPS) is 18.8. The molecule has 2 aliphatic rings. The molecule has 1 unspecified atom stereocenters. The fourth-order valence-electron chi connectivity index (χ4n) is 3.29. The fraction of sp³-hybridized carbons (Fsp3) is 0.300. The summed E-state index contributed by atoms with van der Waals surface area (Å²) in [6.45, 7) is 1.07. The lowest BCUT2D eigenvalue weighted by molar-refractivity contribution is -0.134. The van der Waals surface area contributed by atoms with E-state index in [9.17, 15) is 18.0 Å². The smallest absolute Gasteiger partial charge is 0.366 e. The summed E-state index contributed by atoms with van der Waals surface area (Å²) in [4.78, 5) is 22.1. The van der Waals surface area contributed by atoms with Gasteiger partial charge in [-0.2, -0.15) is 23.4 Å². The molecule has 0 fully saturated rings. The van der Waals surface area contributed by atoms with Crippen LogP contribution in [0.3, 0.4) is 0 Å². The Bertz CT molecular complexity index is 1170. The third-order valence-corrected chi connectivity index (χ3v) is 5.99. The molecule has 7 nitrogen and oxygen atoms in total. The summed E-state index contributed by atoms with van der Waals surface area (Å²) >= 11 is 0.597. The van der Waals surface area contributed by atoms with Gasteiger partial charge in [-0.3, -0.25) is 4.57 Å². The predicted molar refractivity (Wildman–Crippen MR) is 109 cm³/mol. The average Bonchev–Trinajstić information content (AvgIpc) is 3.25. The average molecular weight is 446 g/mol. The highest BCUT2D eigenvalue weighted by Gasteiger charge is 2.32. The molecular formula is C20H17F3N6OS. The maximum Gasteiger partial charge on any atom is 0.425 e. The molecule has 2 aliphatic heterocycles. The van der Waals surface area contributed by atoms with Crippen LogP contribution in [0.25, 0.3) is 0 Å². The van der Waals surface area contributed by atoms with Crippen molar-refractivity contribution >= 4 is 17.3 Å². The quantitative estimate of drug-likeness (QED) is 0.777. The number of anilines is 1. The Morgan fingerprint density at radius 1 is 1.35 bits per heavy atom. The number of rotatable bonds is 4. The number of thiophene rings is 1. The molecule has 11 heteroatoms. The van der Waals surface area contributed by atoms with E-state index in [1.807, 2.05) is 23.1 Å². The topological polar surface area (TPSA) is 86.8 Å². The molecule has 0 spiro atoms. The van der Waals surface area contributed by atoms with E-state index in [1.54, 1.807) is 6.08 Å². The number of alkyl halides is 3. The molecule has 0 bridgehead atoms. The number of nitrogens with one attached hydrogen (secondary N) is 1. The summed E-state index contributed by atoms with van der Waals surface area (Å²) < 4.78 is 39.4. The maximum absolute atomic E-state index is 12.7. The van der Waals surface area contributed by atoms with E-state index in [0.29, 0.717) is 35.7 Å². The van der Waals surface area contributed by atoms with Crippen LogP contribution in [0.4, 0.5) is 19.1 Å². The van der Waals surface area contributed by atoms with Crippen LogP contribution in [0.2, 0.25) is 0 Å². The van der Waals surface area contributed by atoms with E-state index in [2.05, 4.69) is 21.4 Å². The molecule has 160 valence electrons. The molecule has 1 atom stereocenters. The van der Waals surface area contributed by atoms with Crippen molar-refractivity contribution in [2.75, 3.05) is 18.0 Å². The van der Waals surface area contributed by atoms with Crippen molar-refractivity contribution in [2.24, 2.45) is 0 Å². The van der Waals surface area contributed by atoms with Crippen LogP contribution in [0, 0.1) is 11.3 Å². The van der Waals surface area contributed by atoms with E-state index in [4.69, 9.17) is 5.26 Å². The molecule has 0 amide bonds. The molecule has 1 N–H and O–H groups in total. The summed E-state index contributed by atoms with van der Waals surface area (Å²) in [5.74, 6) is 0.277. The lowest BCUT2D eigenvalue weighted by Gasteiger charge is -2.28. The predicted octanol–water partition coefficient (Wildman–Crippen LogP) is 2.84. The molecule has 0 saturated heterocycles. The second kappa shape index (κ2) is 8.39. The SMILES string of the molecule is N#CC1C=CC=C(C2=CCN(c3ncn(Cc4ccc(C(F)(F)F)s4)c(=O)n3)CC2)N1. The summed E-state index contributed by atoms with van der Waals surface area (Å²) in [6.07, 6.45) is 5.14. The molecule has 31 heavy (non-hydrogen) atoms. The van der Waals surface area contributed by atoms with Gasteiger partial charge >= 0.3 is 11.9 Å². The van der Waals surface area contributed by atoms with Gasteiger partial charge in [0.2, 0.25) is 5.95 Å². The van der Waals surface area contributed by atoms with Gasteiger partial charge in [-0.25, -0.2) is 9.78 Å². The first-order chi connectivity index (χ1) is 14.8. The summed E-state index contributed by atoms with van der Waals surface area (Å²) in [5.41, 5.74) is 1.41.